The van der Waals surface area contributed by atoms with Crippen molar-refractivity contribution in [1.82, 2.24) is 0 Å². The highest BCUT2D eigenvalue weighted by molar-refractivity contribution is 5.89. The maximum absolute atomic E-state index is 10.8. The molecule has 0 aromatic heterocycles. The minimum atomic E-state index is -1.56. The number of hydrogen-bond acceptors (Lipinski definition) is 8. The molecular formula is C8H11O8-. The molecule has 0 spiro atoms. The zero-order chi connectivity index (χ0) is 12.4. The first-order valence-corrected chi connectivity index (χ1v) is 4.23. The van der Waals surface area contributed by atoms with E-state index in [4.69, 9.17) is 0 Å². The lowest BCUT2D eigenvalue weighted by Crippen LogP contribution is -2.26. The van der Waals surface area contributed by atoms with Gasteiger partial charge in [0.1, 0.15) is 0 Å². The molecule has 0 aliphatic rings. The summed E-state index contributed by atoms with van der Waals surface area (Å²) in [5, 5.41) is 9.93. The summed E-state index contributed by atoms with van der Waals surface area (Å²) in [6.45, 7) is -0.639. The van der Waals surface area contributed by atoms with Gasteiger partial charge in [0.25, 0.3) is 0 Å². The summed E-state index contributed by atoms with van der Waals surface area (Å²) >= 11 is 0. The number of ether oxygens (including phenoxy) is 2. The van der Waals surface area contributed by atoms with Crippen molar-refractivity contribution in [3.05, 3.63) is 0 Å². The van der Waals surface area contributed by atoms with Crippen LogP contribution in [0.3, 0.4) is 0 Å². The highest BCUT2D eigenvalue weighted by atomic mass is 17.2. The Morgan fingerprint density at radius 3 is 2.31 bits per heavy atom. The second-order valence-electron chi connectivity index (χ2n) is 2.44. The van der Waals surface area contributed by atoms with Crippen molar-refractivity contribution < 1.29 is 38.7 Å². The van der Waals surface area contributed by atoms with Crippen LogP contribution in [0.2, 0.25) is 0 Å². The normalized spacial score (nSPS) is 9.56. The van der Waals surface area contributed by atoms with E-state index in [0.29, 0.717) is 0 Å². The Hall–Kier alpha value is -1.67. The van der Waals surface area contributed by atoms with E-state index in [2.05, 4.69) is 19.2 Å². The molecule has 0 atom stereocenters. The predicted octanol–water partition coefficient (Wildman–Crippen LogP) is -1.86. The van der Waals surface area contributed by atoms with E-state index in [9.17, 15) is 19.5 Å². The fourth-order valence-corrected chi connectivity index (χ4v) is 0.610. The van der Waals surface area contributed by atoms with E-state index in [0.717, 1.165) is 0 Å². The van der Waals surface area contributed by atoms with Crippen LogP contribution in [0.15, 0.2) is 0 Å². The number of carboxylic acids is 1. The second kappa shape index (κ2) is 8.62. The van der Waals surface area contributed by atoms with Gasteiger partial charge in [0, 0.05) is 0 Å². The molecule has 0 aromatic rings. The van der Waals surface area contributed by atoms with Crippen LogP contribution in [-0.4, -0.2) is 38.4 Å². The number of hydrogen-bond donors (Lipinski definition) is 0. The van der Waals surface area contributed by atoms with E-state index in [1.165, 1.54) is 7.11 Å². The van der Waals surface area contributed by atoms with Crippen LogP contribution in [0.25, 0.3) is 0 Å². The average Bonchev–Trinajstić information content (AvgIpc) is 2.17. The molecule has 0 heterocycles. The summed E-state index contributed by atoms with van der Waals surface area (Å²) in [5.74, 6) is -3.27. The SMILES string of the molecule is COOCCC(=O)OCOC(=O)CC(=O)[O-]. The molecule has 0 aromatic carbocycles. The van der Waals surface area contributed by atoms with E-state index < -0.39 is 31.1 Å². The van der Waals surface area contributed by atoms with E-state index >= 15 is 0 Å². The summed E-state index contributed by atoms with van der Waals surface area (Å²) in [6.07, 6.45) is -0.962. The summed E-state index contributed by atoms with van der Waals surface area (Å²) in [4.78, 5) is 40.0. The molecule has 16 heavy (non-hydrogen) atoms. The van der Waals surface area contributed by atoms with Gasteiger partial charge in [0.2, 0.25) is 6.79 Å². The summed E-state index contributed by atoms with van der Waals surface area (Å²) in [5.41, 5.74) is 0. The Morgan fingerprint density at radius 2 is 1.75 bits per heavy atom. The summed E-state index contributed by atoms with van der Waals surface area (Å²) in [6, 6.07) is 0. The van der Waals surface area contributed by atoms with Gasteiger partial charge in [-0.05, 0) is 0 Å². The van der Waals surface area contributed by atoms with Crippen LogP contribution in [0.4, 0.5) is 0 Å². The van der Waals surface area contributed by atoms with Gasteiger partial charge in [-0.1, -0.05) is 0 Å². The van der Waals surface area contributed by atoms with Crippen molar-refractivity contribution in [1.29, 1.82) is 0 Å². The molecule has 8 nitrogen and oxygen atoms in total. The van der Waals surface area contributed by atoms with Crippen LogP contribution >= 0.6 is 0 Å². The molecular weight excluding hydrogens is 224 g/mol. The Bertz CT molecular complexity index is 248. The molecule has 0 unspecified atom stereocenters. The highest BCUT2D eigenvalue weighted by Crippen LogP contribution is 1.91. The topological polar surface area (TPSA) is 111 Å². The molecule has 0 fully saturated rings. The van der Waals surface area contributed by atoms with Crippen LogP contribution in [0.1, 0.15) is 12.8 Å². The molecule has 0 bridgehead atoms. The van der Waals surface area contributed by atoms with Crippen molar-refractivity contribution in [2.24, 2.45) is 0 Å². The Kier molecular flexibility index (Phi) is 7.72. The average molecular weight is 235 g/mol. The number of carboxylic acid groups (broad SMARTS) is 1. The van der Waals surface area contributed by atoms with Crippen LogP contribution in [0, 0.1) is 0 Å². The smallest absolute Gasteiger partial charge is 0.314 e. The molecule has 0 aliphatic heterocycles. The van der Waals surface area contributed by atoms with Crippen LogP contribution < -0.4 is 5.11 Å². The Morgan fingerprint density at radius 1 is 1.12 bits per heavy atom. The maximum Gasteiger partial charge on any atom is 0.314 e. The first-order valence-electron chi connectivity index (χ1n) is 4.23. The van der Waals surface area contributed by atoms with Gasteiger partial charge in [0.15, 0.2) is 0 Å². The molecule has 0 saturated heterocycles. The van der Waals surface area contributed by atoms with E-state index in [-0.39, 0.29) is 13.0 Å². The third kappa shape index (κ3) is 8.91. The van der Waals surface area contributed by atoms with Gasteiger partial charge in [-0.25, -0.2) is 9.78 Å². The fourth-order valence-electron chi connectivity index (χ4n) is 0.610. The molecule has 0 radical (unpaired) electrons. The fraction of sp³-hybridized carbons (Fsp3) is 0.625. The van der Waals surface area contributed by atoms with Gasteiger partial charge in [-0.2, -0.15) is 0 Å². The minimum Gasteiger partial charge on any atom is -0.550 e. The van der Waals surface area contributed by atoms with E-state index in [1.54, 1.807) is 0 Å². The lowest BCUT2D eigenvalue weighted by molar-refractivity contribution is -0.305. The zero-order valence-electron chi connectivity index (χ0n) is 8.59. The minimum absolute atomic E-state index is 0.00231. The second-order valence-corrected chi connectivity index (χ2v) is 2.44. The van der Waals surface area contributed by atoms with Crippen LogP contribution in [0.5, 0.6) is 0 Å². The Labute approximate surface area is 91.0 Å². The first kappa shape index (κ1) is 14.3. The standard InChI is InChI=1S/C8H12O8/c1-13-16-3-2-7(11)14-5-15-8(12)4-6(9)10/h2-5H2,1H3,(H,9,10)/p-1. The molecule has 0 N–H and O–H groups in total. The molecule has 0 saturated carbocycles. The maximum atomic E-state index is 10.8. The predicted molar refractivity (Wildman–Crippen MR) is 44.3 cm³/mol. The number of carbonyl (C=O) groups excluding carboxylic acids is 3. The van der Waals surface area contributed by atoms with Crippen molar-refractivity contribution >= 4 is 17.9 Å². The van der Waals surface area contributed by atoms with Gasteiger partial charge in [-0.3, -0.25) is 9.59 Å². The number of esters is 2. The van der Waals surface area contributed by atoms with Gasteiger partial charge in [0.05, 0.1) is 32.5 Å². The van der Waals surface area contributed by atoms with Gasteiger partial charge < -0.3 is 19.4 Å². The molecule has 0 aliphatic carbocycles. The molecule has 92 valence electrons. The van der Waals surface area contributed by atoms with Crippen LogP contribution in [-0.2, 0) is 33.6 Å². The number of rotatable bonds is 8. The van der Waals surface area contributed by atoms with Crippen molar-refractivity contribution in [2.45, 2.75) is 12.8 Å². The quantitative estimate of drug-likeness (QED) is 0.120. The molecule has 0 rings (SSSR count). The lowest BCUT2D eigenvalue weighted by Gasteiger charge is -2.06. The zero-order valence-corrected chi connectivity index (χ0v) is 8.59. The molecule has 0 amide bonds. The summed E-state index contributed by atoms with van der Waals surface area (Å²) in [7, 11) is 1.28. The lowest BCUT2D eigenvalue weighted by atomic mass is 10.4. The van der Waals surface area contributed by atoms with Crippen molar-refractivity contribution in [2.75, 3.05) is 20.5 Å². The Balaban J connectivity index is 3.46. The first-order chi connectivity index (χ1) is 7.56. The largest absolute Gasteiger partial charge is 0.550 e. The third-order valence-corrected chi connectivity index (χ3v) is 1.24. The van der Waals surface area contributed by atoms with Gasteiger partial charge >= 0.3 is 11.9 Å². The monoisotopic (exact) mass is 235 g/mol. The van der Waals surface area contributed by atoms with Crippen molar-refractivity contribution in [3.63, 3.8) is 0 Å². The van der Waals surface area contributed by atoms with Crippen molar-refractivity contribution in [3.8, 4) is 0 Å². The van der Waals surface area contributed by atoms with Gasteiger partial charge in [-0.15, -0.1) is 0 Å². The highest BCUT2D eigenvalue weighted by Gasteiger charge is 2.06. The van der Waals surface area contributed by atoms with E-state index in [1.807, 2.05) is 0 Å². The summed E-state index contributed by atoms with van der Waals surface area (Å²) < 4.78 is 8.66. The number of aliphatic carboxylic acids is 1. The number of carbonyl (C=O) groups is 3. The molecule has 8 heteroatoms. The third-order valence-electron chi connectivity index (χ3n) is 1.24.